The first-order valence-corrected chi connectivity index (χ1v) is 6.61. The molecule has 1 fully saturated rings. The smallest absolute Gasteiger partial charge is 0.0953 e. The Hall–Kier alpha value is -1.61. The van der Waals surface area contributed by atoms with Gasteiger partial charge in [0.15, 0.2) is 0 Å². The lowest BCUT2D eigenvalue weighted by molar-refractivity contribution is 0.736. The van der Waals surface area contributed by atoms with Gasteiger partial charge >= 0.3 is 0 Å². The molecule has 2 aromatic rings. The minimum Gasteiger partial charge on any atom is -0.328 e. The molecule has 1 saturated carbocycles. The Labute approximate surface area is 108 Å². The third kappa shape index (κ3) is 2.31. The van der Waals surface area contributed by atoms with Crippen LogP contribution < -0.4 is 5.73 Å². The van der Waals surface area contributed by atoms with Crippen LogP contribution in [0.2, 0.25) is 0 Å². The van der Waals surface area contributed by atoms with E-state index in [0.29, 0.717) is 6.04 Å². The first-order valence-electron chi connectivity index (χ1n) is 6.61. The lowest BCUT2D eigenvalue weighted by atomic mass is 10.0. The average Bonchev–Trinajstić information content (AvgIpc) is 3.06. The second-order valence-corrected chi connectivity index (χ2v) is 5.30. The van der Waals surface area contributed by atoms with Gasteiger partial charge in [0.2, 0.25) is 0 Å². The van der Waals surface area contributed by atoms with E-state index in [0.717, 1.165) is 6.42 Å². The molecule has 1 heterocycles. The summed E-state index contributed by atoms with van der Waals surface area (Å²) in [6, 6.07) is 9.51. The van der Waals surface area contributed by atoms with Crippen molar-refractivity contribution in [3.05, 3.63) is 42.4 Å². The predicted molar refractivity (Wildman–Crippen MR) is 73.3 cm³/mol. The van der Waals surface area contributed by atoms with Gasteiger partial charge in [0.05, 0.1) is 18.2 Å². The van der Waals surface area contributed by atoms with E-state index in [2.05, 4.69) is 33.8 Å². The summed E-state index contributed by atoms with van der Waals surface area (Å²) >= 11 is 0. The van der Waals surface area contributed by atoms with Crippen molar-refractivity contribution in [3.8, 4) is 11.3 Å². The zero-order chi connectivity index (χ0) is 12.5. The van der Waals surface area contributed by atoms with Crippen molar-refractivity contribution in [2.24, 2.45) is 5.73 Å². The van der Waals surface area contributed by atoms with Crippen LogP contribution in [0.5, 0.6) is 0 Å². The number of rotatable bonds is 4. The van der Waals surface area contributed by atoms with Gasteiger partial charge in [0.25, 0.3) is 0 Å². The summed E-state index contributed by atoms with van der Waals surface area (Å²) in [5, 5.41) is 0. The summed E-state index contributed by atoms with van der Waals surface area (Å²) in [5.74, 6) is 0. The highest BCUT2D eigenvalue weighted by Gasteiger charge is 2.25. The second kappa shape index (κ2) is 4.58. The molecule has 2 N–H and O–H groups in total. The van der Waals surface area contributed by atoms with Crippen molar-refractivity contribution in [2.45, 2.75) is 38.3 Å². The van der Waals surface area contributed by atoms with Gasteiger partial charge in [-0.2, -0.15) is 0 Å². The first kappa shape index (κ1) is 11.5. The minimum absolute atomic E-state index is 0.202. The van der Waals surface area contributed by atoms with E-state index >= 15 is 0 Å². The SMILES string of the molecule is CC(N)Cc1cccc(-c2cncn2C2CC2)c1. The number of nitrogens with zero attached hydrogens (tertiary/aromatic N) is 2. The highest BCUT2D eigenvalue weighted by molar-refractivity contribution is 5.60. The van der Waals surface area contributed by atoms with E-state index in [9.17, 15) is 0 Å². The molecule has 0 spiro atoms. The van der Waals surface area contributed by atoms with Gasteiger partial charge in [-0.05, 0) is 37.8 Å². The van der Waals surface area contributed by atoms with Crippen molar-refractivity contribution in [1.29, 1.82) is 0 Å². The van der Waals surface area contributed by atoms with Crippen LogP contribution in [-0.4, -0.2) is 15.6 Å². The van der Waals surface area contributed by atoms with E-state index in [4.69, 9.17) is 5.73 Å². The van der Waals surface area contributed by atoms with E-state index in [-0.39, 0.29) is 6.04 Å². The van der Waals surface area contributed by atoms with E-state index in [1.807, 2.05) is 19.4 Å². The molecular weight excluding hydrogens is 222 g/mol. The highest BCUT2D eigenvalue weighted by Crippen LogP contribution is 2.38. The summed E-state index contributed by atoms with van der Waals surface area (Å²) in [6.07, 6.45) is 7.39. The average molecular weight is 241 g/mol. The third-order valence-electron chi connectivity index (χ3n) is 3.39. The topological polar surface area (TPSA) is 43.8 Å². The molecule has 0 radical (unpaired) electrons. The maximum Gasteiger partial charge on any atom is 0.0953 e. The van der Waals surface area contributed by atoms with E-state index in [1.54, 1.807) is 0 Å². The molecule has 1 atom stereocenters. The fraction of sp³-hybridized carbons (Fsp3) is 0.400. The van der Waals surface area contributed by atoms with Crippen LogP contribution >= 0.6 is 0 Å². The second-order valence-electron chi connectivity index (χ2n) is 5.30. The number of nitrogens with two attached hydrogens (primary N) is 1. The van der Waals surface area contributed by atoms with Crippen LogP contribution in [0.25, 0.3) is 11.3 Å². The van der Waals surface area contributed by atoms with E-state index in [1.165, 1.54) is 29.7 Å². The highest BCUT2D eigenvalue weighted by atomic mass is 15.1. The number of hydrogen-bond acceptors (Lipinski definition) is 2. The summed E-state index contributed by atoms with van der Waals surface area (Å²) in [5.41, 5.74) is 9.63. The van der Waals surface area contributed by atoms with Gasteiger partial charge < -0.3 is 10.3 Å². The van der Waals surface area contributed by atoms with Gasteiger partial charge in [-0.25, -0.2) is 4.98 Å². The fourth-order valence-corrected chi connectivity index (χ4v) is 2.40. The predicted octanol–water partition coefficient (Wildman–Crippen LogP) is 2.77. The largest absolute Gasteiger partial charge is 0.328 e. The molecule has 3 heteroatoms. The molecule has 18 heavy (non-hydrogen) atoms. The lowest BCUT2D eigenvalue weighted by Crippen LogP contribution is -2.17. The molecule has 0 amide bonds. The monoisotopic (exact) mass is 241 g/mol. The molecular formula is C15H19N3. The molecule has 1 aromatic carbocycles. The lowest BCUT2D eigenvalue weighted by Gasteiger charge is -2.09. The van der Waals surface area contributed by atoms with Crippen LogP contribution in [-0.2, 0) is 6.42 Å². The maximum atomic E-state index is 5.86. The molecule has 0 bridgehead atoms. The first-order chi connectivity index (χ1) is 8.74. The van der Waals surface area contributed by atoms with Crippen LogP contribution in [0.15, 0.2) is 36.8 Å². The van der Waals surface area contributed by atoms with Gasteiger partial charge in [-0.1, -0.05) is 18.2 Å². The van der Waals surface area contributed by atoms with Gasteiger partial charge in [-0.3, -0.25) is 0 Å². The molecule has 1 aromatic heterocycles. The molecule has 0 saturated heterocycles. The Kier molecular flexibility index (Phi) is 2.92. The number of aromatic nitrogens is 2. The Morgan fingerprint density at radius 2 is 2.28 bits per heavy atom. The van der Waals surface area contributed by atoms with E-state index < -0.39 is 0 Å². The van der Waals surface area contributed by atoms with Crippen LogP contribution in [0.1, 0.15) is 31.4 Å². The molecule has 0 aliphatic heterocycles. The Bertz CT molecular complexity index is 538. The molecule has 1 aliphatic carbocycles. The molecule has 3 rings (SSSR count). The summed E-state index contributed by atoms with van der Waals surface area (Å²) in [7, 11) is 0. The minimum atomic E-state index is 0.202. The zero-order valence-corrected chi connectivity index (χ0v) is 10.7. The van der Waals surface area contributed by atoms with Crippen molar-refractivity contribution in [1.82, 2.24) is 9.55 Å². The van der Waals surface area contributed by atoms with Gasteiger partial charge in [-0.15, -0.1) is 0 Å². The summed E-state index contributed by atoms with van der Waals surface area (Å²) < 4.78 is 2.30. The molecule has 1 aliphatic rings. The van der Waals surface area contributed by atoms with Crippen LogP contribution in [0.3, 0.4) is 0 Å². The quantitative estimate of drug-likeness (QED) is 0.894. The number of benzene rings is 1. The molecule has 94 valence electrons. The standard InChI is InChI=1S/C15H19N3/c1-11(16)7-12-3-2-4-13(8-12)15-9-17-10-18(15)14-5-6-14/h2-4,8-11,14H,5-7,16H2,1H3. The summed E-state index contributed by atoms with van der Waals surface area (Å²) in [4.78, 5) is 4.29. The fourth-order valence-electron chi connectivity index (χ4n) is 2.40. The van der Waals surface area contributed by atoms with Crippen LogP contribution in [0, 0.1) is 0 Å². The van der Waals surface area contributed by atoms with Crippen LogP contribution in [0.4, 0.5) is 0 Å². The van der Waals surface area contributed by atoms with Gasteiger partial charge in [0.1, 0.15) is 0 Å². The Morgan fingerprint density at radius 1 is 1.44 bits per heavy atom. The maximum absolute atomic E-state index is 5.86. The van der Waals surface area contributed by atoms with Gasteiger partial charge in [0, 0.05) is 17.6 Å². The van der Waals surface area contributed by atoms with Crippen molar-refractivity contribution in [3.63, 3.8) is 0 Å². The van der Waals surface area contributed by atoms with Crippen molar-refractivity contribution < 1.29 is 0 Å². The Balaban J connectivity index is 1.93. The molecule has 3 nitrogen and oxygen atoms in total. The normalized spacial score (nSPS) is 16.8. The van der Waals surface area contributed by atoms with Crippen molar-refractivity contribution in [2.75, 3.05) is 0 Å². The third-order valence-corrected chi connectivity index (χ3v) is 3.39. The summed E-state index contributed by atoms with van der Waals surface area (Å²) in [6.45, 7) is 2.04. The molecule has 1 unspecified atom stereocenters. The zero-order valence-electron chi connectivity index (χ0n) is 10.7. The number of imidazole rings is 1. The van der Waals surface area contributed by atoms with Crippen molar-refractivity contribution >= 4 is 0 Å². The number of hydrogen-bond donors (Lipinski definition) is 1. The Morgan fingerprint density at radius 3 is 3.00 bits per heavy atom.